The summed E-state index contributed by atoms with van der Waals surface area (Å²) in [4.78, 5) is 10.2. The molecule has 3 heteroatoms. The predicted octanol–water partition coefficient (Wildman–Crippen LogP) is 1.39. The first-order valence-corrected chi connectivity index (χ1v) is 6.05. The molecule has 0 radical (unpaired) electrons. The van der Waals surface area contributed by atoms with Crippen molar-refractivity contribution in [3.63, 3.8) is 0 Å². The zero-order valence-electron chi connectivity index (χ0n) is 6.56. The zero-order valence-corrected chi connectivity index (χ0v) is 8.28. The van der Waals surface area contributed by atoms with E-state index in [-0.39, 0.29) is 15.0 Å². The van der Waals surface area contributed by atoms with Crippen molar-refractivity contribution < 1.29 is 9.90 Å². The van der Waals surface area contributed by atoms with E-state index in [2.05, 4.69) is 0 Å². The van der Waals surface area contributed by atoms with Crippen molar-refractivity contribution in [2.45, 2.75) is 10.6 Å². The Morgan fingerprint density at radius 1 is 1.33 bits per heavy atom. The topological polar surface area (TPSA) is 37.3 Å². The minimum absolute atomic E-state index is 0.202. The molecule has 0 atom stereocenters. The summed E-state index contributed by atoms with van der Waals surface area (Å²) in [6.45, 7) is 0. The molecule has 0 heterocycles. The molecular formula is C9H10O2Se. The van der Waals surface area contributed by atoms with E-state index >= 15 is 0 Å². The van der Waals surface area contributed by atoms with Gasteiger partial charge in [0.15, 0.2) is 0 Å². The van der Waals surface area contributed by atoms with Crippen molar-refractivity contribution in [2.24, 2.45) is 0 Å². The standard InChI is InChI=1S/C9H10O2Se/c10-9(11)7-12-6-8-4-2-1-3-5-8/h1-5H,6-7H2,(H,10,11). The fourth-order valence-electron chi connectivity index (χ4n) is 0.830. The van der Waals surface area contributed by atoms with Crippen molar-refractivity contribution in [1.82, 2.24) is 0 Å². The second-order valence-corrected chi connectivity index (χ2v) is 4.44. The van der Waals surface area contributed by atoms with Gasteiger partial charge in [0.2, 0.25) is 0 Å². The Morgan fingerprint density at radius 2 is 2.00 bits per heavy atom. The maximum atomic E-state index is 10.2. The summed E-state index contributed by atoms with van der Waals surface area (Å²) < 4.78 is 0. The van der Waals surface area contributed by atoms with Gasteiger partial charge in [-0.3, -0.25) is 0 Å². The molecular weight excluding hydrogens is 219 g/mol. The molecule has 0 saturated carbocycles. The van der Waals surface area contributed by atoms with Crippen LogP contribution in [0.3, 0.4) is 0 Å². The van der Waals surface area contributed by atoms with E-state index in [1.807, 2.05) is 30.3 Å². The third-order valence-electron chi connectivity index (χ3n) is 1.34. The molecule has 1 rings (SSSR count). The van der Waals surface area contributed by atoms with Gasteiger partial charge < -0.3 is 0 Å². The molecule has 0 aliphatic rings. The molecule has 0 unspecified atom stereocenters. The average molecular weight is 229 g/mol. The molecule has 0 fully saturated rings. The summed E-state index contributed by atoms with van der Waals surface area (Å²) in [6, 6.07) is 9.99. The number of rotatable bonds is 4. The second-order valence-electron chi connectivity index (χ2n) is 2.37. The van der Waals surface area contributed by atoms with Gasteiger partial charge in [0.25, 0.3) is 0 Å². The van der Waals surface area contributed by atoms with Crippen LogP contribution in [-0.4, -0.2) is 26.0 Å². The van der Waals surface area contributed by atoms with Crippen LogP contribution in [0.1, 0.15) is 5.56 Å². The molecule has 1 aromatic rings. The molecule has 0 aliphatic carbocycles. The molecule has 0 spiro atoms. The SMILES string of the molecule is O=C(O)C[Se]Cc1ccccc1. The molecule has 0 saturated heterocycles. The minimum atomic E-state index is -0.689. The van der Waals surface area contributed by atoms with Crippen LogP contribution >= 0.6 is 0 Å². The van der Waals surface area contributed by atoms with Gasteiger partial charge in [-0.15, -0.1) is 0 Å². The van der Waals surface area contributed by atoms with Gasteiger partial charge in [-0.05, 0) is 0 Å². The Morgan fingerprint density at radius 3 is 2.58 bits per heavy atom. The Balaban J connectivity index is 2.29. The van der Waals surface area contributed by atoms with Crippen molar-refractivity contribution in [1.29, 1.82) is 0 Å². The number of hydrogen-bond donors (Lipinski definition) is 1. The molecule has 0 bridgehead atoms. The van der Waals surface area contributed by atoms with Gasteiger partial charge in [0.05, 0.1) is 0 Å². The van der Waals surface area contributed by atoms with E-state index in [0.717, 1.165) is 5.32 Å². The van der Waals surface area contributed by atoms with Gasteiger partial charge >= 0.3 is 77.4 Å². The summed E-state index contributed by atoms with van der Waals surface area (Å²) in [5.41, 5.74) is 1.23. The first-order valence-electron chi connectivity index (χ1n) is 3.62. The van der Waals surface area contributed by atoms with Crippen LogP contribution in [0.25, 0.3) is 0 Å². The van der Waals surface area contributed by atoms with Crippen LogP contribution in [0.4, 0.5) is 0 Å². The van der Waals surface area contributed by atoms with E-state index in [1.54, 1.807) is 0 Å². The number of hydrogen-bond acceptors (Lipinski definition) is 1. The summed E-state index contributed by atoms with van der Waals surface area (Å²) >= 11 is 0.202. The summed E-state index contributed by atoms with van der Waals surface area (Å²) in [7, 11) is 0. The van der Waals surface area contributed by atoms with Gasteiger partial charge in [0.1, 0.15) is 0 Å². The monoisotopic (exact) mass is 230 g/mol. The molecule has 1 N–H and O–H groups in total. The molecule has 0 amide bonds. The Hall–Kier alpha value is -0.791. The molecule has 64 valence electrons. The van der Waals surface area contributed by atoms with Crippen molar-refractivity contribution in [3.05, 3.63) is 35.9 Å². The maximum absolute atomic E-state index is 10.2. The average Bonchev–Trinajstić information content (AvgIpc) is 2.05. The zero-order chi connectivity index (χ0) is 8.81. The first kappa shape index (κ1) is 9.30. The van der Waals surface area contributed by atoms with E-state index < -0.39 is 5.97 Å². The number of benzene rings is 1. The van der Waals surface area contributed by atoms with Crippen LogP contribution < -0.4 is 0 Å². The molecule has 0 aromatic heterocycles. The van der Waals surface area contributed by atoms with E-state index in [0.29, 0.717) is 5.32 Å². The number of carboxylic acid groups (broad SMARTS) is 1. The second kappa shape index (κ2) is 4.96. The third kappa shape index (κ3) is 3.56. The Bertz CT molecular complexity index is 246. The van der Waals surface area contributed by atoms with Crippen molar-refractivity contribution >= 4 is 20.9 Å². The fraction of sp³-hybridized carbons (Fsp3) is 0.222. The Kier molecular flexibility index (Phi) is 3.85. The van der Waals surface area contributed by atoms with E-state index in [1.165, 1.54) is 5.56 Å². The summed E-state index contributed by atoms with van der Waals surface area (Å²) in [5, 5.41) is 9.65. The van der Waals surface area contributed by atoms with E-state index in [9.17, 15) is 4.79 Å². The first-order chi connectivity index (χ1) is 5.79. The summed E-state index contributed by atoms with van der Waals surface area (Å²) in [6.07, 6.45) is 0. The summed E-state index contributed by atoms with van der Waals surface area (Å²) in [5.74, 6) is -0.689. The molecule has 1 aromatic carbocycles. The molecule has 2 nitrogen and oxygen atoms in total. The molecule has 12 heavy (non-hydrogen) atoms. The van der Waals surface area contributed by atoms with Gasteiger partial charge in [-0.2, -0.15) is 0 Å². The van der Waals surface area contributed by atoms with Crippen LogP contribution in [0.2, 0.25) is 5.32 Å². The van der Waals surface area contributed by atoms with Gasteiger partial charge in [-0.1, -0.05) is 0 Å². The van der Waals surface area contributed by atoms with Gasteiger partial charge in [0, 0.05) is 0 Å². The fourth-order valence-corrected chi connectivity index (χ4v) is 2.31. The van der Waals surface area contributed by atoms with Gasteiger partial charge in [-0.25, -0.2) is 0 Å². The quantitative estimate of drug-likeness (QED) is 0.792. The molecule has 0 aliphatic heterocycles. The van der Waals surface area contributed by atoms with Crippen molar-refractivity contribution in [3.8, 4) is 0 Å². The predicted molar refractivity (Wildman–Crippen MR) is 48.3 cm³/mol. The van der Waals surface area contributed by atoms with E-state index in [4.69, 9.17) is 5.11 Å². The van der Waals surface area contributed by atoms with Crippen LogP contribution in [0, 0.1) is 0 Å². The number of carbonyl (C=O) groups is 1. The van der Waals surface area contributed by atoms with Crippen LogP contribution in [-0.2, 0) is 10.1 Å². The van der Waals surface area contributed by atoms with Crippen molar-refractivity contribution in [2.75, 3.05) is 0 Å². The normalized spacial score (nSPS) is 9.67. The third-order valence-corrected chi connectivity index (χ3v) is 3.41. The Labute approximate surface area is 77.8 Å². The van der Waals surface area contributed by atoms with Crippen LogP contribution in [0.5, 0.6) is 0 Å². The van der Waals surface area contributed by atoms with Crippen LogP contribution in [0.15, 0.2) is 30.3 Å². The number of aliphatic carboxylic acids is 1. The number of carboxylic acids is 1.